The molecular formula is C73H82F4N2O14S4. The molecule has 0 N–H and O–H groups in total. The summed E-state index contributed by atoms with van der Waals surface area (Å²) in [6, 6.07) is 60.1. The van der Waals surface area contributed by atoms with Crippen molar-refractivity contribution >= 4 is 59.6 Å². The molecular weight excluding hydrogens is 1330 g/mol. The van der Waals surface area contributed by atoms with Gasteiger partial charge in [-0.25, -0.2) is 21.6 Å². The molecule has 0 aromatic heterocycles. The highest BCUT2D eigenvalue weighted by Crippen LogP contribution is 2.62. The molecule has 16 nitrogen and oxygen atoms in total. The van der Waals surface area contributed by atoms with Crippen LogP contribution in [0.2, 0.25) is 0 Å². The molecule has 2 aliphatic heterocycles. The van der Waals surface area contributed by atoms with Gasteiger partial charge in [0.15, 0.2) is 49.6 Å². The lowest BCUT2D eigenvalue weighted by atomic mass is 9.48. The number of carbonyl (C=O) groups is 3. The number of alkyl halides is 4. The van der Waals surface area contributed by atoms with Crippen LogP contribution in [0.1, 0.15) is 77.0 Å². The first-order valence-electron chi connectivity index (χ1n) is 33.2. The van der Waals surface area contributed by atoms with Gasteiger partial charge in [-0.05, 0) is 197 Å². The average molecular weight is 1420 g/mol. The Balaban J connectivity index is 0.000000133. The zero-order valence-electron chi connectivity index (χ0n) is 53.9. The Labute approximate surface area is 571 Å². The summed E-state index contributed by atoms with van der Waals surface area (Å²) < 4.78 is 144. The van der Waals surface area contributed by atoms with Gasteiger partial charge in [0.05, 0.1) is 48.2 Å². The maximum absolute atomic E-state index is 13.4. The smallest absolute Gasteiger partial charge is 0.428 e. The van der Waals surface area contributed by atoms with Gasteiger partial charge < -0.3 is 32.8 Å². The number of ether oxygens (including phenoxy) is 5. The zero-order valence-corrected chi connectivity index (χ0v) is 57.1. The number of Topliss-reactive ketones (excluding diaryl/α,β-unsaturated/α-hetero) is 2. The Kier molecular flexibility index (Phi) is 23.5. The second-order valence-corrected chi connectivity index (χ2v) is 33.6. The molecule has 0 radical (unpaired) electrons. The molecule has 10 fully saturated rings. The standard InChI is InChI=1S/2C24H26NO2S.C13H18F2O4S.C12H14F2O6S/c2*1-3-7-22(8-4-1)28(23-9-5-2-6-10-23)24-13-11-21(12-14-24)27-20-17-25-15-18-26-19-16-25;14-13(15,20(17,18)19)11(16)7-12-4-8-1-9(5-12)3-10(2-8)6-12;13-12(14,21(17,18)19)10(16)20-11-3-6-1-7(4-11)9(15)8(2-6)5-11/h2*1-14H,15-20H2;8-10H,1-7H2,(H,17,18,19);6-8H,1-5H2,(H,17,18,19)/q2*+1;;/p-2. The van der Waals surface area contributed by atoms with E-state index in [0.717, 1.165) is 116 Å². The molecule has 2 heterocycles. The van der Waals surface area contributed by atoms with E-state index < -0.39 is 59.9 Å². The van der Waals surface area contributed by atoms with Crippen LogP contribution in [-0.2, 0) is 70.6 Å². The fraction of sp³-hybridized carbons (Fsp3) is 0.466. The third-order valence-electron chi connectivity index (χ3n) is 19.7. The van der Waals surface area contributed by atoms with Gasteiger partial charge in [-0.2, -0.15) is 17.6 Å². The predicted molar refractivity (Wildman–Crippen MR) is 355 cm³/mol. The number of rotatable bonds is 21. The molecule has 520 valence electrons. The van der Waals surface area contributed by atoms with E-state index in [1.165, 1.54) is 29.4 Å². The zero-order chi connectivity index (χ0) is 68.4. The number of benzene rings is 6. The summed E-state index contributed by atoms with van der Waals surface area (Å²) in [5, 5.41) is -9.88. The number of hydrogen-bond donors (Lipinski definition) is 0. The van der Waals surface area contributed by atoms with Crippen LogP contribution in [0.15, 0.2) is 199 Å². The summed E-state index contributed by atoms with van der Waals surface area (Å²) in [5.74, 6) is -1.19. The molecule has 8 bridgehead atoms. The summed E-state index contributed by atoms with van der Waals surface area (Å²) in [5.41, 5.74) is -1.71. The van der Waals surface area contributed by atoms with E-state index in [9.17, 15) is 57.9 Å². The largest absolute Gasteiger partial charge is 0.743 e. The van der Waals surface area contributed by atoms with Gasteiger partial charge in [-0.15, -0.1) is 0 Å². The Bertz CT molecular complexity index is 3540. The number of nitrogens with zero attached hydrogens (tertiary/aromatic N) is 2. The predicted octanol–water partition coefficient (Wildman–Crippen LogP) is 12.1. The van der Waals surface area contributed by atoms with Crippen molar-refractivity contribution in [1.82, 2.24) is 9.80 Å². The lowest BCUT2D eigenvalue weighted by Gasteiger charge is -2.56. The Morgan fingerprint density at radius 2 is 0.804 bits per heavy atom. The number of ketones is 2. The van der Waals surface area contributed by atoms with Crippen molar-refractivity contribution in [3.63, 3.8) is 0 Å². The van der Waals surface area contributed by atoms with E-state index >= 15 is 0 Å². The number of esters is 1. The second kappa shape index (κ2) is 31.6. The first-order chi connectivity index (χ1) is 46.5. The van der Waals surface area contributed by atoms with Crippen molar-refractivity contribution in [1.29, 1.82) is 0 Å². The van der Waals surface area contributed by atoms with Gasteiger partial charge in [0, 0.05) is 57.5 Å². The number of morpholine rings is 2. The molecule has 2 saturated heterocycles. The normalized spacial score (nSPS) is 25.2. The summed E-state index contributed by atoms with van der Waals surface area (Å²) in [4.78, 5) is 47.7. The van der Waals surface area contributed by atoms with E-state index in [2.05, 4.69) is 180 Å². The van der Waals surface area contributed by atoms with Crippen molar-refractivity contribution in [2.24, 2.45) is 40.9 Å². The van der Waals surface area contributed by atoms with E-state index in [1.807, 2.05) is 0 Å². The monoisotopic (exact) mass is 1410 g/mol. The second-order valence-electron chi connectivity index (χ2n) is 26.7. The van der Waals surface area contributed by atoms with Crippen LogP contribution < -0.4 is 9.47 Å². The van der Waals surface area contributed by atoms with Gasteiger partial charge in [-0.1, -0.05) is 72.8 Å². The highest BCUT2D eigenvalue weighted by atomic mass is 32.2. The maximum Gasteiger partial charge on any atom is 0.428 e. The summed E-state index contributed by atoms with van der Waals surface area (Å²) >= 11 is 0. The van der Waals surface area contributed by atoms with Crippen LogP contribution in [0, 0.1) is 40.9 Å². The van der Waals surface area contributed by atoms with Crippen LogP contribution in [0.5, 0.6) is 11.5 Å². The highest BCUT2D eigenvalue weighted by Gasteiger charge is 2.60. The Morgan fingerprint density at radius 3 is 1.14 bits per heavy atom. The molecule has 16 rings (SSSR count). The Morgan fingerprint density at radius 1 is 0.474 bits per heavy atom. The minimum Gasteiger partial charge on any atom is -0.743 e. The van der Waals surface area contributed by atoms with Gasteiger partial charge in [0.1, 0.15) is 36.1 Å². The molecule has 24 heteroatoms. The van der Waals surface area contributed by atoms with Crippen LogP contribution in [0.25, 0.3) is 0 Å². The van der Waals surface area contributed by atoms with Crippen LogP contribution in [0.3, 0.4) is 0 Å². The fourth-order valence-electron chi connectivity index (χ4n) is 15.9. The van der Waals surface area contributed by atoms with E-state index in [0.29, 0.717) is 50.2 Å². The molecule has 6 aromatic carbocycles. The molecule has 8 aliphatic carbocycles. The van der Waals surface area contributed by atoms with E-state index in [1.54, 1.807) is 0 Å². The SMILES string of the molecule is O=C(CC12CC3CC(CC(C3)C1)C2)C(F)(F)S(=O)(=O)[O-].O=C1C2CC3CC1CC(OC(=O)C(F)(F)S(=O)(=O)[O-])(C3)C2.c1ccc([S+](c2ccccc2)c2ccc(OCCN3CCOCC3)cc2)cc1.c1ccc([S+](c2ccccc2)c2ccc(OCCN3CCOCC3)cc2)cc1. The van der Waals surface area contributed by atoms with E-state index in [4.69, 9.17) is 23.7 Å². The quantitative estimate of drug-likeness (QED) is 0.0283. The van der Waals surface area contributed by atoms with E-state index in [-0.39, 0.29) is 58.2 Å². The van der Waals surface area contributed by atoms with Crippen molar-refractivity contribution in [3.8, 4) is 11.5 Å². The number of halogens is 4. The molecule has 8 saturated carbocycles. The Hall–Kier alpha value is -6.19. The summed E-state index contributed by atoms with van der Waals surface area (Å²) in [6.45, 7) is 10.6. The third-order valence-corrected chi connectivity index (χ3v) is 25.8. The number of hydrogen-bond acceptors (Lipinski definition) is 16. The topological polar surface area (TPSA) is 218 Å². The summed E-state index contributed by atoms with van der Waals surface area (Å²) in [6.07, 6.45) is 6.93. The fourth-order valence-corrected chi connectivity index (χ4v) is 20.6. The molecule has 0 amide bonds. The van der Waals surface area contributed by atoms with Gasteiger partial charge in [0.2, 0.25) is 5.78 Å². The molecule has 97 heavy (non-hydrogen) atoms. The third kappa shape index (κ3) is 18.1. The van der Waals surface area contributed by atoms with Gasteiger partial charge in [-0.3, -0.25) is 19.4 Å². The van der Waals surface area contributed by atoms with Crippen molar-refractivity contribution in [3.05, 3.63) is 170 Å². The van der Waals surface area contributed by atoms with Crippen molar-refractivity contribution in [2.75, 3.05) is 78.9 Å². The molecule has 6 aromatic rings. The maximum atomic E-state index is 13.4. The molecule has 0 spiro atoms. The molecule has 10 aliphatic rings. The molecule has 2 atom stereocenters. The number of carbonyl (C=O) groups excluding carboxylic acids is 3. The lowest BCUT2D eigenvalue weighted by Crippen LogP contribution is -2.58. The minimum atomic E-state index is -6.12. The molecule has 2 unspecified atom stereocenters. The van der Waals surface area contributed by atoms with Crippen LogP contribution in [-0.4, -0.2) is 148 Å². The van der Waals surface area contributed by atoms with Crippen molar-refractivity contribution < 1.29 is 81.6 Å². The average Bonchev–Trinajstić information content (AvgIpc) is 2.01. The van der Waals surface area contributed by atoms with Crippen LogP contribution in [0.4, 0.5) is 17.6 Å². The minimum absolute atomic E-state index is 0.0702. The first kappa shape index (κ1) is 72.1. The van der Waals surface area contributed by atoms with Gasteiger partial charge in [0.25, 0.3) is 0 Å². The first-order valence-corrected chi connectivity index (χ1v) is 38.4. The van der Waals surface area contributed by atoms with Crippen molar-refractivity contribution in [2.45, 2.75) is 123 Å². The lowest BCUT2D eigenvalue weighted by molar-refractivity contribution is -0.201. The summed E-state index contributed by atoms with van der Waals surface area (Å²) in [7, 11) is -12.3. The van der Waals surface area contributed by atoms with Gasteiger partial charge >= 0.3 is 16.5 Å². The van der Waals surface area contributed by atoms with Crippen LogP contribution >= 0.6 is 0 Å². The highest BCUT2D eigenvalue weighted by molar-refractivity contribution is 7.97.